The zero-order valence-electron chi connectivity index (χ0n) is 14.4. The fourth-order valence-electron chi connectivity index (χ4n) is 3.27. The van der Waals surface area contributed by atoms with Gasteiger partial charge in [-0.1, -0.05) is 30.3 Å². The molecule has 0 spiro atoms. The Kier molecular flexibility index (Phi) is 3.76. The van der Waals surface area contributed by atoms with Crippen LogP contribution in [0, 0.1) is 5.82 Å². The average molecular weight is 352 g/mol. The van der Waals surface area contributed by atoms with Gasteiger partial charge in [-0.25, -0.2) is 9.18 Å². The zero-order valence-corrected chi connectivity index (χ0v) is 14.4. The molecule has 0 saturated heterocycles. The highest BCUT2D eigenvalue weighted by Gasteiger charge is 2.21. The van der Waals surface area contributed by atoms with Gasteiger partial charge in [-0.2, -0.15) is 0 Å². The maximum atomic E-state index is 14.2. The molecule has 4 aromatic rings. The molecule has 0 bridgehead atoms. The maximum Gasteiger partial charge on any atom is 0.332 e. The van der Waals surface area contributed by atoms with Crippen LogP contribution in [-0.2, 0) is 6.54 Å². The number of furan rings is 1. The third kappa shape index (κ3) is 2.37. The topological polar surface area (TPSA) is 57.1 Å². The molecule has 0 unspecified atom stereocenters. The minimum Gasteiger partial charge on any atom is -0.449 e. The summed E-state index contributed by atoms with van der Waals surface area (Å²) in [7, 11) is 0. The van der Waals surface area contributed by atoms with Gasteiger partial charge in [0.25, 0.3) is 5.56 Å². The van der Waals surface area contributed by atoms with Gasteiger partial charge in [0.2, 0.25) is 5.58 Å². The van der Waals surface area contributed by atoms with Crippen LogP contribution in [0.3, 0.4) is 0 Å². The van der Waals surface area contributed by atoms with E-state index in [0.29, 0.717) is 22.0 Å². The van der Waals surface area contributed by atoms with Crippen LogP contribution in [0.4, 0.5) is 4.39 Å². The highest BCUT2D eigenvalue weighted by Crippen LogP contribution is 2.26. The van der Waals surface area contributed by atoms with E-state index in [0.717, 1.165) is 4.57 Å². The second-order valence-electron chi connectivity index (χ2n) is 6.50. The van der Waals surface area contributed by atoms with Gasteiger partial charge >= 0.3 is 5.69 Å². The predicted octanol–water partition coefficient (Wildman–Crippen LogP) is 3.68. The second-order valence-corrected chi connectivity index (χ2v) is 6.50. The molecule has 0 aliphatic carbocycles. The Morgan fingerprint density at radius 3 is 2.46 bits per heavy atom. The Labute approximate surface area is 147 Å². The summed E-state index contributed by atoms with van der Waals surface area (Å²) >= 11 is 0. The molecule has 26 heavy (non-hydrogen) atoms. The summed E-state index contributed by atoms with van der Waals surface area (Å²) in [6.45, 7) is 3.52. The van der Waals surface area contributed by atoms with Crippen molar-refractivity contribution < 1.29 is 8.81 Å². The van der Waals surface area contributed by atoms with Crippen molar-refractivity contribution in [2.75, 3.05) is 0 Å². The predicted molar refractivity (Wildman–Crippen MR) is 98.1 cm³/mol. The number of hydrogen-bond acceptors (Lipinski definition) is 3. The first-order chi connectivity index (χ1) is 12.5. The van der Waals surface area contributed by atoms with Crippen LogP contribution in [0.1, 0.15) is 25.5 Å². The van der Waals surface area contributed by atoms with Gasteiger partial charge in [0, 0.05) is 17.0 Å². The second kappa shape index (κ2) is 5.98. The van der Waals surface area contributed by atoms with Gasteiger partial charge in [0.15, 0.2) is 0 Å². The molecule has 0 atom stereocenters. The number of halogens is 1. The van der Waals surface area contributed by atoms with Crippen LogP contribution in [-0.4, -0.2) is 9.13 Å². The number of nitrogens with zero attached hydrogens (tertiary/aromatic N) is 2. The van der Waals surface area contributed by atoms with Crippen molar-refractivity contribution in [2.45, 2.75) is 26.4 Å². The number of fused-ring (bicyclic) bond motifs is 3. The summed E-state index contributed by atoms with van der Waals surface area (Å²) in [5.41, 5.74) is 0.442. The molecule has 0 amide bonds. The third-order valence-electron chi connectivity index (χ3n) is 4.49. The van der Waals surface area contributed by atoms with Crippen LogP contribution in [0.2, 0.25) is 0 Å². The van der Waals surface area contributed by atoms with Crippen molar-refractivity contribution in [3.05, 3.63) is 80.7 Å². The van der Waals surface area contributed by atoms with E-state index in [4.69, 9.17) is 4.42 Å². The van der Waals surface area contributed by atoms with Gasteiger partial charge < -0.3 is 4.42 Å². The minimum absolute atomic E-state index is 0.0124. The van der Waals surface area contributed by atoms with Gasteiger partial charge in [-0.05, 0) is 32.0 Å². The third-order valence-corrected chi connectivity index (χ3v) is 4.49. The lowest BCUT2D eigenvalue weighted by molar-refractivity contribution is 0.509. The Bertz CT molecular complexity index is 1250. The number of benzene rings is 2. The Balaban J connectivity index is 2.14. The number of hydrogen-bond donors (Lipinski definition) is 0. The largest absolute Gasteiger partial charge is 0.449 e. The van der Waals surface area contributed by atoms with Crippen molar-refractivity contribution in [3.63, 3.8) is 0 Å². The van der Waals surface area contributed by atoms with Crippen molar-refractivity contribution in [2.24, 2.45) is 0 Å². The number of para-hydroxylation sites is 1. The molecular weight excluding hydrogens is 335 g/mol. The Morgan fingerprint density at radius 1 is 1.04 bits per heavy atom. The molecule has 0 aliphatic rings. The van der Waals surface area contributed by atoms with E-state index in [1.807, 2.05) is 6.07 Å². The standard InChI is InChI=1S/C20H17FN2O3/c1-12(2)23-19(24)18-17(14-8-4-6-10-16(14)26-18)22(20(23)25)11-13-7-3-5-9-15(13)21/h3-10,12H,11H2,1-2H3. The lowest BCUT2D eigenvalue weighted by Crippen LogP contribution is -2.41. The van der Waals surface area contributed by atoms with Crippen LogP contribution >= 0.6 is 0 Å². The number of aromatic nitrogens is 2. The molecule has 0 aliphatic heterocycles. The maximum absolute atomic E-state index is 14.2. The van der Waals surface area contributed by atoms with Crippen molar-refractivity contribution in [1.29, 1.82) is 0 Å². The van der Waals surface area contributed by atoms with Gasteiger partial charge in [0.05, 0.1) is 6.54 Å². The van der Waals surface area contributed by atoms with Crippen LogP contribution < -0.4 is 11.2 Å². The normalized spacial score (nSPS) is 11.7. The molecule has 2 aromatic heterocycles. The van der Waals surface area contributed by atoms with E-state index < -0.39 is 17.1 Å². The first kappa shape index (κ1) is 16.3. The van der Waals surface area contributed by atoms with E-state index in [9.17, 15) is 14.0 Å². The molecule has 2 heterocycles. The van der Waals surface area contributed by atoms with E-state index in [1.54, 1.807) is 50.2 Å². The molecule has 6 heteroatoms. The first-order valence-electron chi connectivity index (χ1n) is 8.39. The highest BCUT2D eigenvalue weighted by molar-refractivity contribution is 6.02. The monoisotopic (exact) mass is 352 g/mol. The summed E-state index contributed by atoms with van der Waals surface area (Å²) in [6, 6.07) is 13.1. The molecular formula is C20H17FN2O3. The van der Waals surface area contributed by atoms with Crippen molar-refractivity contribution in [1.82, 2.24) is 9.13 Å². The summed E-state index contributed by atoms with van der Waals surface area (Å²) in [5, 5.41) is 0.656. The fourth-order valence-corrected chi connectivity index (χ4v) is 3.27. The molecule has 0 fully saturated rings. The molecule has 0 radical (unpaired) electrons. The first-order valence-corrected chi connectivity index (χ1v) is 8.39. The van der Waals surface area contributed by atoms with Crippen LogP contribution in [0.25, 0.3) is 22.1 Å². The fraction of sp³-hybridized carbons (Fsp3) is 0.200. The minimum atomic E-state index is -0.479. The molecule has 0 saturated carbocycles. The highest BCUT2D eigenvalue weighted by atomic mass is 19.1. The molecule has 4 rings (SSSR count). The molecule has 2 aromatic carbocycles. The summed E-state index contributed by atoms with van der Waals surface area (Å²) < 4.78 is 22.5. The summed E-state index contributed by atoms with van der Waals surface area (Å²) in [6.07, 6.45) is 0. The zero-order chi connectivity index (χ0) is 18.4. The summed E-state index contributed by atoms with van der Waals surface area (Å²) in [5.74, 6) is -0.400. The Hall–Kier alpha value is -3.15. The van der Waals surface area contributed by atoms with E-state index in [2.05, 4.69) is 0 Å². The molecule has 0 N–H and O–H groups in total. The van der Waals surface area contributed by atoms with Crippen LogP contribution in [0.15, 0.2) is 62.5 Å². The van der Waals surface area contributed by atoms with E-state index >= 15 is 0 Å². The lowest BCUT2D eigenvalue weighted by Gasteiger charge is -2.14. The molecule has 132 valence electrons. The quantitative estimate of drug-likeness (QED) is 0.565. The Morgan fingerprint density at radius 2 is 1.73 bits per heavy atom. The SMILES string of the molecule is CC(C)n1c(=O)c2oc3ccccc3c2n(Cc2ccccc2F)c1=O. The number of rotatable bonds is 3. The van der Waals surface area contributed by atoms with Crippen molar-refractivity contribution in [3.8, 4) is 0 Å². The van der Waals surface area contributed by atoms with Crippen molar-refractivity contribution >= 4 is 22.1 Å². The smallest absolute Gasteiger partial charge is 0.332 e. The van der Waals surface area contributed by atoms with E-state index in [-0.39, 0.29) is 18.2 Å². The summed E-state index contributed by atoms with van der Waals surface area (Å²) in [4.78, 5) is 25.9. The average Bonchev–Trinajstić information content (AvgIpc) is 3.00. The molecule has 5 nitrogen and oxygen atoms in total. The van der Waals surface area contributed by atoms with E-state index in [1.165, 1.54) is 10.6 Å². The van der Waals surface area contributed by atoms with Gasteiger partial charge in [-0.15, -0.1) is 0 Å². The van der Waals surface area contributed by atoms with Gasteiger partial charge in [-0.3, -0.25) is 13.9 Å². The lowest BCUT2D eigenvalue weighted by atomic mass is 10.2. The van der Waals surface area contributed by atoms with Crippen LogP contribution in [0.5, 0.6) is 0 Å². The van der Waals surface area contributed by atoms with Gasteiger partial charge in [0.1, 0.15) is 16.9 Å².